The Hall–Kier alpha value is -2.48. The molecule has 0 aliphatic carbocycles. The molecule has 0 radical (unpaired) electrons. The second-order valence-corrected chi connectivity index (χ2v) is 10.9. The van der Waals surface area contributed by atoms with Crippen molar-refractivity contribution in [3.63, 3.8) is 0 Å². The van der Waals surface area contributed by atoms with E-state index in [4.69, 9.17) is 18.9 Å². The SMILES string of the molecule is CC(=O)N[C@H]1[C@H]([C@H](O)[C@H](O)CO)O[C@](O[C@H]2[C@@H](O)[C@@H](CO)O[C@@H](O[C@@H]([C@H](O)[C@H](C=O)NC(C)=O)[C@H](O)CO)[C@@H]2O)(C(=O)O)C[C@@H]1O. The highest BCUT2D eigenvalue weighted by Gasteiger charge is 2.59. The first-order chi connectivity index (χ1) is 21.5. The summed E-state index contributed by atoms with van der Waals surface area (Å²) in [5.41, 5.74) is 0. The first-order valence-corrected chi connectivity index (χ1v) is 14.0. The van der Waals surface area contributed by atoms with Crippen LogP contribution in [0.5, 0.6) is 0 Å². The summed E-state index contributed by atoms with van der Waals surface area (Å²) < 4.78 is 21.8. The van der Waals surface area contributed by atoms with Gasteiger partial charge in [0.1, 0.15) is 73.4 Å². The van der Waals surface area contributed by atoms with Gasteiger partial charge in [-0.3, -0.25) is 9.59 Å². The van der Waals surface area contributed by atoms with E-state index in [0.717, 1.165) is 13.8 Å². The molecule has 21 heteroatoms. The second-order valence-electron chi connectivity index (χ2n) is 10.9. The number of carboxylic acid groups (broad SMARTS) is 1. The Morgan fingerprint density at radius 1 is 0.978 bits per heavy atom. The quantitative estimate of drug-likeness (QED) is 0.0676. The van der Waals surface area contributed by atoms with Crippen LogP contribution >= 0.6 is 0 Å². The van der Waals surface area contributed by atoms with Crippen LogP contribution in [0.2, 0.25) is 0 Å². The maximum Gasteiger partial charge on any atom is 0.364 e. The van der Waals surface area contributed by atoms with Gasteiger partial charge in [0.15, 0.2) is 6.29 Å². The summed E-state index contributed by atoms with van der Waals surface area (Å²) in [5.74, 6) is -6.66. The van der Waals surface area contributed by atoms with Gasteiger partial charge < -0.3 is 90.5 Å². The lowest BCUT2D eigenvalue weighted by Crippen LogP contribution is -2.70. The van der Waals surface area contributed by atoms with Crippen LogP contribution in [-0.4, -0.2) is 191 Å². The van der Waals surface area contributed by atoms with Crippen molar-refractivity contribution in [2.45, 2.75) is 112 Å². The Balaban J connectivity index is 2.51. The number of carboxylic acids is 1. The van der Waals surface area contributed by atoms with Gasteiger partial charge in [-0.2, -0.15) is 0 Å². The number of ether oxygens (including phenoxy) is 4. The summed E-state index contributed by atoms with van der Waals surface area (Å²) in [4.78, 5) is 47.3. The van der Waals surface area contributed by atoms with E-state index >= 15 is 0 Å². The average Bonchev–Trinajstić information content (AvgIpc) is 3.00. The van der Waals surface area contributed by atoms with Gasteiger partial charge in [0, 0.05) is 20.3 Å². The monoisotopic (exact) mass is 674 g/mol. The molecule has 2 aliphatic heterocycles. The maximum atomic E-state index is 12.6. The number of carbonyl (C=O) groups is 4. The lowest BCUT2D eigenvalue weighted by molar-refractivity contribution is -0.376. The number of aliphatic carboxylic acids is 1. The minimum absolute atomic E-state index is 0.0754. The van der Waals surface area contributed by atoms with E-state index in [1.165, 1.54) is 0 Å². The lowest BCUT2D eigenvalue weighted by atomic mass is 9.88. The first kappa shape index (κ1) is 39.7. The van der Waals surface area contributed by atoms with Crippen LogP contribution in [0.25, 0.3) is 0 Å². The van der Waals surface area contributed by atoms with Gasteiger partial charge in [-0.25, -0.2) is 4.79 Å². The van der Waals surface area contributed by atoms with Crippen molar-refractivity contribution < 1.29 is 94.3 Å². The minimum atomic E-state index is -3.08. The number of aldehydes is 1. The van der Waals surface area contributed by atoms with Gasteiger partial charge in [-0.1, -0.05) is 0 Å². The molecule has 0 saturated carbocycles. The van der Waals surface area contributed by atoms with Crippen LogP contribution in [0.1, 0.15) is 20.3 Å². The largest absolute Gasteiger partial charge is 0.477 e. The highest BCUT2D eigenvalue weighted by molar-refractivity contribution is 5.77. The van der Waals surface area contributed by atoms with Crippen molar-refractivity contribution >= 4 is 24.1 Å². The molecule has 15 atom stereocenters. The molecular weight excluding hydrogens is 632 g/mol. The van der Waals surface area contributed by atoms with Crippen LogP contribution in [0.15, 0.2) is 0 Å². The smallest absolute Gasteiger partial charge is 0.364 e. The molecule has 46 heavy (non-hydrogen) atoms. The van der Waals surface area contributed by atoms with Gasteiger partial charge in [0.25, 0.3) is 5.79 Å². The number of aliphatic hydroxyl groups is 10. The summed E-state index contributed by atoms with van der Waals surface area (Å²) in [6, 6.07) is -3.30. The number of amides is 2. The second kappa shape index (κ2) is 17.1. The fraction of sp³-hybridized carbons (Fsp3) is 0.840. The van der Waals surface area contributed by atoms with Gasteiger partial charge >= 0.3 is 5.97 Å². The molecule has 2 rings (SSSR count). The summed E-state index contributed by atoms with van der Waals surface area (Å²) in [5, 5.41) is 118. The van der Waals surface area contributed by atoms with Crippen LogP contribution in [0.4, 0.5) is 0 Å². The van der Waals surface area contributed by atoms with Crippen molar-refractivity contribution in [1.29, 1.82) is 0 Å². The summed E-state index contributed by atoms with van der Waals surface area (Å²) in [6.45, 7) is -1.19. The predicted molar refractivity (Wildman–Crippen MR) is 143 cm³/mol. The van der Waals surface area contributed by atoms with Crippen molar-refractivity contribution in [2.75, 3.05) is 19.8 Å². The molecule has 0 aromatic carbocycles. The van der Waals surface area contributed by atoms with E-state index in [-0.39, 0.29) is 6.29 Å². The molecule has 0 unspecified atom stereocenters. The van der Waals surface area contributed by atoms with E-state index in [1.54, 1.807) is 0 Å². The Bertz CT molecular complexity index is 1040. The fourth-order valence-electron chi connectivity index (χ4n) is 5.07. The van der Waals surface area contributed by atoms with Crippen LogP contribution in [0, 0.1) is 0 Å². The number of carbonyl (C=O) groups excluding carboxylic acids is 3. The number of hydrogen-bond donors (Lipinski definition) is 13. The summed E-state index contributed by atoms with van der Waals surface area (Å²) >= 11 is 0. The highest BCUT2D eigenvalue weighted by Crippen LogP contribution is 2.37. The zero-order valence-corrected chi connectivity index (χ0v) is 24.7. The Labute approximate surface area is 260 Å². The molecule has 266 valence electrons. The normalized spacial score (nSPS) is 35.6. The Kier molecular flexibility index (Phi) is 14.7. The molecule has 2 fully saturated rings. The maximum absolute atomic E-state index is 12.6. The third-order valence-corrected chi connectivity index (χ3v) is 7.41. The predicted octanol–water partition coefficient (Wildman–Crippen LogP) is -8.24. The van der Waals surface area contributed by atoms with Gasteiger partial charge in [0.05, 0.1) is 32.0 Å². The molecule has 13 N–H and O–H groups in total. The molecule has 0 aromatic heterocycles. The Morgan fingerprint density at radius 3 is 2.07 bits per heavy atom. The molecule has 21 nitrogen and oxygen atoms in total. The molecule has 0 spiro atoms. The number of aliphatic hydroxyl groups excluding tert-OH is 10. The molecular formula is C25H42N2O19. The molecule has 2 saturated heterocycles. The summed E-state index contributed by atoms with van der Waals surface area (Å²) in [7, 11) is 0. The summed E-state index contributed by atoms with van der Waals surface area (Å²) in [6.07, 6.45) is -25.6. The van der Waals surface area contributed by atoms with Crippen molar-refractivity contribution in [3.8, 4) is 0 Å². The van der Waals surface area contributed by atoms with Gasteiger partial charge in [-0.15, -0.1) is 0 Å². The van der Waals surface area contributed by atoms with Crippen molar-refractivity contribution in [1.82, 2.24) is 10.6 Å². The zero-order chi connectivity index (χ0) is 35.1. The zero-order valence-electron chi connectivity index (χ0n) is 24.7. The number of rotatable bonds is 16. The van der Waals surface area contributed by atoms with Crippen LogP contribution in [-0.2, 0) is 38.1 Å². The molecule has 2 aliphatic rings. The standard InChI is InChI=1S/C25H42N2O19/c1-8(32)26-10(4-28)16(37)20(13(36)6-30)44-23-19(40)22(18(39)14(7-31)43-23)46-25(24(41)42)3-11(34)15(27-9(2)33)21(45-25)17(38)12(35)5-29/h4,10-23,29-31,34-40H,3,5-7H2,1-2H3,(H,26,32)(H,27,33)(H,41,42)/t10-,11-,12+,13+,14+,15+,16+,17+,18-,19+,20+,21+,22-,23-,25+/m0/s1. The van der Waals surface area contributed by atoms with Gasteiger partial charge in [0.2, 0.25) is 11.8 Å². The third-order valence-electron chi connectivity index (χ3n) is 7.41. The van der Waals surface area contributed by atoms with E-state index in [2.05, 4.69) is 10.6 Å². The number of hydrogen-bond acceptors (Lipinski definition) is 18. The topological polar surface area (TPSA) is 352 Å². The van der Waals surface area contributed by atoms with E-state index in [0.29, 0.717) is 0 Å². The van der Waals surface area contributed by atoms with Crippen LogP contribution in [0.3, 0.4) is 0 Å². The third kappa shape index (κ3) is 9.11. The Morgan fingerprint density at radius 2 is 1.59 bits per heavy atom. The highest BCUT2D eigenvalue weighted by atomic mass is 16.8. The van der Waals surface area contributed by atoms with Gasteiger partial charge in [-0.05, 0) is 0 Å². The molecule has 2 amide bonds. The fourth-order valence-corrected chi connectivity index (χ4v) is 5.07. The molecule has 0 bridgehead atoms. The van der Waals surface area contributed by atoms with Crippen molar-refractivity contribution in [3.05, 3.63) is 0 Å². The van der Waals surface area contributed by atoms with E-state index in [1.807, 2.05) is 0 Å². The minimum Gasteiger partial charge on any atom is -0.477 e. The first-order valence-electron chi connectivity index (χ1n) is 14.0. The molecule has 0 aromatic rings. The van der Waals surface area contributed by atoms with E-state index in [9.17, 15) is 75.3 Å². The molecule has 2 heterocycles. The lowest BCUT2D eigenvalue weighted by Gasteiger charge is -2.50. The van der Waals surface area contributed by atoms with Crippen molar-refractivity contribution in [2.24, 2.45) is 0 Å². The van der Waals surface area contributed by atoms with E-state index < -0.39 is 135 Å². The average molecular weight is 675 g/mol. The number of nitrogens with one attached hydrogen (secondary N) is 2. The van der Waals surface area contributed by atoms with Crippen LogP contribution < -0.4 is 10.6 Å².